The van der Waals surface area contributed by atoms with Crippen LogP contribution in [-0.4, -0.2) is 11.6 Å². The molecular formula is C24H20O2. The van der Waals surface area contributed by atoms with Gasteiger partial charge in [0.05, 0.1) is 0 Å². The average Bonchev–Trinajstić information content (AvgIpc) is 2.71. The molecule has 0 spiro atoms. The van der Waals surface area contributed by atoms with Crippen LogP contribution in [0.3, 0.4) is 0 Å². The molecule has 1 aliphatic carbocycles. The van der Waals surface area contributed by atoms with E-state index in [1.165, 1.54) is 11.1 Å². The molecule has 4 rings (SSSR count). The van der Waals surface area contributed by atoms with Crippen molar-refractivity contribution in [2.45, 2.75) is 26.7 Å². The van der Waals surface area contributed by atoms with E-state index in [2.05, 4.69) is 32.0 Å². The van der Waals surface area contributed by atoms with Crippen LogP contribution in [0.1, 0.15) is 56.8 Å². The minimum Gasteiger partial charge on any atom is -0.289 e. The molecule has 0 amide bonds. The maximum absolute atomic E-state index is 13.2. The van der Waals surface area contributed by atoms with Crippen LogP contribution in [0, 0.1) is 0 Å². The maximum Gasteiger partial charge on any atom is 0.195 e. The third-order valence-electron chi connectivity index (χ3n) is 5.21. The molecular weight excluding hydrogens is 320 g/mol. The summed E-state index contributed by atoms with van der Waals surface area (Å²) in [5, 5.41) is 0. The molecule has 0 bridgehead atoms. The first-order chi connectivity index (χ1) is 12.7. The van der Waals surface area contributed by atoms with Gasteiger partial charge < -0.3 is 0 Å². The van der Waals surface area contributed by atoms with Crippen molar-refractivity contribution in [3.8, 4) is 11.1 Å². The van der Waals surface area contributed by atoms with Crippen molar-refractivity contribution >= 4 is 11.6 Å². The van der Waals surface area contributed by atoms with Gasteiger partial charge in [0.25, 0.3) is 0 Å². The lowest BCUT2D eigenvalue weighted by Crippen LogP contribution is -2.21. The van der Waals surface area contributed by atoms with Crippen molar-refractivity contribution in [1.29, 1.82) is 0 Å². The molecule has 3 aromatic rings. The average molecular weight is 340 g/mol. The summed E-state index contributed by atoms with van der Waals surface area (Å²) in [4.78, 5) is 26.2. The molecule has 0 saturated carbocycles. The summed E-state index contributed by atoms with van der Waals surface area (Å²) < 4.78 is 0. The molecule has 0 aromatic heterocycles. The van der Waals surface area contributed by atoms with E-state index in [1.807, 2.05) is 18.2 Å². The predicted molar refractivity (Wildman–Crippen MR) is 104 cm³/mol. The van der Waals surface area contributed by atoms with E-state index in [4.69, 9.17) is 0 Å². The van der Waals surface area contributed by atoms with E-state index in [0.717, 1.165) is 24.0 Å². The van der Waals surface area contributed by atoms with Crippen LogP contribution in [0.15, 0.2) is 60.7 Å². The summed E-state index contributed by atoms with van der Waals surface area (Å²) in [6.45, 7) is 4.23. The summed E-state index contributed by atoms with van der Waals surface area (Å²) in [7, 11) is 0. The second-order valence-corrected chi connectivity index (χ2v) is 6.63. The minimum atomic E-state index is -0.0678. The molecule has 0 N–H and O–H groups in total. The van der Waals surface area contributed by atoms with Crippen LogP contribution in [0.2, 0.25) is 0 Å². The Morgan fingerprint density at radius 3 is 1.96 bits per heavy atom. The number of carbonyl (C=O) groups excluding carboxylic acids is 2. The van der Waals surface area contributed by atoms with Crippen molar-refractivity contribution in [2.24, 2.45) is 0 Å². The maximum atomic E-state index is 13.2. The van der Waals surface area contributed by atoms with Crippen molar-refractivity contribution in [1.82, 2.24) is 0 Å². The van der Waals surface area contributed by atoms with Gasteiger partial charge in [-0.15, -0.1) is 0 Å². The largest absolute Gasteiger partial charge is 0.289 e. The van der Waals surface area contributed by atoms with E-state index < -0.39 is 0 Å². The lowest BCUT2D eigenvalue weighted by Gasteiger charge is -2.21. The Hall–Kier alpha value is -3.00. The summed E-state index contributed by atoms with van der Waals surface area (Å²) in [6.07, 6.45) is 1.81. The summed E-state index contributed by atoms with van der Waals surface area (Å²) in [5.74, 6) is -0.128. The molecule has 0 fully saturated rings. The second-order valence-electron chi connectivity index (χ2n) is 6.63. The van der Waals surface area contributed by atoms with Crippen LogP contribution in [0.4, 0.5) is 0 Å². The highest BCUT2D eigenvalue weighted by Gasteiger charge is 2.31. The molecule has 0 atom stereocenters. The highest BCUT2D eigenvalue weighted by atomic mass is 16.1. The number of hydrogen-bond donors (Lipinski definition) is 0. The van der Waals surface area contributed by atoms with Crippen LogP contribution in [0.5, 0.6) is 0 Å². The van der Waals surface area contributed by atoms with Gasteiger partial charge in [0.2, 0.25) is 0 Å². The summed E-state index contributed by atoms with van der Waals surface area (Å²) in [5.41, 5.74) is 6.39. The third-order valence-corrected chi connectivity index (χ3v) is 5.21. The lowest BCUT2D eigenvalue weighted by molar-refractivity contribution is 0.0979. The molecule has 26 heavy (non-hydrogen) atoms. The number of rotatable bonds is 3. The number of fused-ring (bicyclic) bond motifs is 2. The highest BCUT2D eigenvalue weighted by molar-refractivity contribution is 6.30. The number of ketones is 2. The summed E-state index contributed by atoms with van der Waals surface area (Å²) in [6, 6.07) is 19.1. The summed E-state index contributed by atoms with van der Waals surface area (Å²) >= 11 is 0. The van der Waals surface area contributed by atoms with Gasteiger partial charge in [-0.2, -0.15) is 0 Å². The number of carbonyl (C=O) groups is 2. The van der Waals surface area contributed by atoms with Gasteiger partial charge in [0.15, 0.2) is 11.6 Å². The lowest BCUT2D eigenvalue weighted by atomic mass is 9.79. The smallest absolute Gasteiger partial charge is 0.195 e. The van der Waals surface area contributed by atoms with Gasteiger partial charge in [-0.1, -0.05) is 74.5 Å². The molecule has 0 aliphatic heterocycles. The Bertz CT molecular complexity index is 1040. The van der Waals surface area contributed by atoms with E-state index in [0.29, 0.717) is 22.3 Å². The molecule has 0 heterocycles. The Kier molecular flexibility index (Phi) is 4.04. The first-order valence-corrected chi connectivity index (χ1v) is 9.09. The fourth-order valence-corrected chi connectivity index (χ4v) is 3.77. The minimum absolute atomic E-state index is 0.0604. The zero-order valence-corrected chi connectivity index (χ0v) is 15.0. The van der Waals surface area contributed by atoms with Crippen LogP contribution in [0.25, 0.3) is 11.1 Å². The normalized spacial score (nSPS) is 12.7. The predicted octanol–water partition coefficient (Wildman–Crippen LogP) is 5.25. The molecule has 2 heteroatoms. The fraction of sp³-hybridized carbons (Fsp3) is 0.167. The topological polar surface area (TPSA) is 34.1 Å². The number of benzene rings is 3. The third kappa shape index (κ3) is 2.41. The van der Waals surface area contributed by atoms with Gasteiger partial charge in [-0.25, -0.2) is 0 Å². The van der Waals surface area contributed by atoms with E-state index >= 15 is 0 Å². The van der Waals surface area contributed by atoms with Gasteiger partial charge in [0.1, 0.15) is 0 Å². The van der Waals surface area contributed by atoms with Crippen molar-refractivity contribution in [3.05, 3.63) is 94.0 Å². The number of aryl methyl sites for hydroxylation is 2. The van der Waals surface area contributed by atoms with E-state index in [1.54, 1.807) is 24.3 Å². The Morgan fingerprint density at radius 1 is 0.615 bits per heavy atom. The Labute approximate surface area is 153 Å². The molecule has 128 valence electrons. The fourth-order valence-electron chi connectivity index (χ4n) is 3.77. The van der Waals surface area contributed by atoms with E-state index in [9.17, 15) is 9.59 Å². The Balaban J connectivity index is 2.01. The molecule has 2 nitrogen and oxygen atoms in total. The second kappa shape index (κ2) is 6.38. The molecule has 1 aliphatic rings. The Morgan fingerprint density at radius 2 is 1.27 bits per heavy atom. The van der Waals surface area contributed by atoms with Gasteiger partial charge in [-0.05, 0) is 35.1 Å². The van der Waals surface area contributed by atoms with Crippen LogP contribution >= 0.6 is 0 Å². The van der Waals surface area contributed by atoms with Crippen LogP contribution < -0.4 is 0 Å². The van der Waals surface area contributed by atoms with Gasteiger partial charge in [-0.3, -0.25) is 9.59 Å². The SMILES string of the molecule is CCc1ccc(CC)c(-c2cccc3c2C(=O)c2ccccc2C3=O)c1. The standard InChI is InChI=1S/C24H20O2/c1-3-15-12-13-16(4-2)21(14-15)17-10-7-11-20-22(17)24(26)19-9-6-5-8-18(19)23(20)25/h5-14H,3-4H2,1-2H3. The van der Waals surface area contributed by atoms with E-state index in [-0.39, 0.29) is 11.6 Å². The molecule has 0 unspecified atom stereocenters. The van der Waals surface area contributed by atoms with Crippen molar-refractivity contribution < 1.29 is 9.59 Å². The zero-order chi connectivity index (χ0) is 18.3. The van der Waals surface area contributed by atoms with Gasteiger partial charge in [0, 0.05) is 22.3 Å². The quantitative estimate of drug-likeness (QED) is 0.510. The first-order valence-electron chi connectivity index (χ1n) is 9.09. The van der Waals surface area contributed by atoms with Crippen molar-refractivity contribution in [3.63, 3.8) is 0 Å². The zero-order valence-electron chi connectivity index (χ0n) is 15.0. The first kappa shape index (κ1) is 16.5. The van der Waals surface area contributed by atoms with Gasteiger partial charge >= 0.3 is 0 Å². The molecule has 0 radical (unpaired) electrons. The molecule has 3 aromatic carbocycles. The highest BCUT2D eigenvalue weighted by Crippen LogP contribution is 2.36. The van der Waals surface area contributed by atoms with Crippen molar-refractivity contribution in [2.75, 3.05) is 0 Å². The van der Waals surface area contributed by atoms with Crippen LogP contribution in [-0.2, 0) is 12.8 Å². The monoisotopic (exact) mass is 340 g/mol. The number of hydrogen-bond acceptors (Lipinski definition) is 2. The molecule has 0 saturated heterocycles.